The predicted octanol–water partition coefficient (Wildman–Crippen LogP) is 5.52. The van der Waals surface area contributed by atoms with Gasteiger partial charge in [0.25, 0.3) is 0 Å². The van der Waals surface area contributed by atoms with Gasteiger partial charge in [-0.2, -0.15) is 0 Å². The molecule has 4 heteroatoms. The van der Waals surface area contributed by atoms with Crippen LogP contribution in [0.5, 0.6) is 0 Å². The van der Waals surface area contributed by atoms with Crippen LogP contribution < -0.4 is 10.6 Å². The van der Waals surface area contributed by atoms with Gasteiger partial charge < -0.3 is 10.6 Å². The van der Waals surface area contributed by atoms with Gasteiger partial charge in [0, 0.05) is 49.0 Å². The van der Waals surface area contributed by atoms with Crippen molar-refractivity contribution < 1.29 is 4.79 Å². The van der Waals surface area contributed by atoms with Crippen molar-refractivity contribution in [1.82, 2.24) is 10.6 Å². The normalized spacial score (nSPS) is 13.6. The molecule has 0 heterocycles. The molecule has 26 heavy (non-hydrogen) atoms. The number of thioether (sulfide) groups is 1. The maximum atomic E-state index is 11.9. The molecule has 0 aliphatic rings. The molecule has 2 unspecified atom stereocenters. The van der Waals surface area contributed by atoms with Gasteiger partial charge in [0.05, 0.1) is 0 Å². The first-order chi connectivity index (χ1) is 12.0. The third-order valence-electron chi connectivity index (χ3n) is 5.44. The molecule has 2 N–H and O–H groups in total. The Morgan fingerprint density at radius 1 is 1.12 bits per heavy atom. The maximum Gasteiger partial charge on any atom is 0.189 e. The largest absolute Gasteiger partial charge is 0.388 e. The average molecular weight is 381 g/mol. The fourth-order valence-corrected chi connectivity index (χ4v) is 3.07. The molecule has 0 amide bonds. The molecule has 0 radical (unpaired) electrons. The van der Waals surface area contributed by atoms with Gasteiger partial charge in [0.1, 0.15) is 0 Å². The van der Waals surface area contributed by atoms with Crippen molar-refractivity contribution in [3.8, 4) is 0 Å². The molecule has 3 nitrogen and oxygen atoms in total. The Morgan fingerprint density at radius 2 is 1.73 bits per heavy atom. The Balaban J connectivity index is 3.89. The molecule has 0 fully saturated rings. The second kappa shape index (κ2) is 12.3. The molecule has 0 spiro atoms. The lowest BCUT2D eigenvalue weighted by molar-refractivity contribution is -0.111. The van der Waals surface area contributed by atoms with Crippen LogP contribution in [0.2, 0.25) is 0 Å². The van der Waals surface area contributed by atoms with E-state index in [9.17, 15) is 4.79 Å². The van der Waals surface area contributed by atoms with Gasteiger partial charge >= 0.3 is 0 Å². The smallest absolute Gasteiger partial charge is 0.189 e. The van der Waals surface area contributed by atoms with E-state index in [1.807, 2.05) is 13.8 Å². The van der Waals surface area contributed by atoms with E-state index in [1.165, 1.54) is 11.8 Å². The molecular formula is C22H40N2OS. The van der Waals surface area contributed by atoms with Crippen molar-refractivity contribution >= 4 is 16.9 Å². The number of carbonyl (C=O) groups is 1. The Hall–Kier alpha value is -1.16. The number of allylic oxidation sites excluding steroid dienone is 2. The topological polar surface area (TPSA) is 41.1 Å². The monoisotopic (exact) mass is 380 g/mol. The second-order valence-electron chi connectivity index (χ2n) is 7.97. The van der Waals surface area contributed by atoms with Gasteiger partial charge in [-0.1, -0.05) is 78.1 Å². The summed E-state index contributed by atoms with van der Waals surface area (Å²) in [5, 5.41) is 6.97. The van der Waals surface area contributed by atoms with Gasteiger partial charge in [0.15, 0.2) is 5.12 Å². The summed E-state index contributed by atoms with van der Waals surface area (Å²) in [6, 6.07) is 0. The van der Waals surface area contributed by atoms with Crippen LogP contribution in [0.3, 0.4) is 0 Å². The quantitative estimate of drug-likeness (QED) is 0.308. The number of carbonyl (C=O) groups excluding carboxylic acids is 1. The van der Waals surface area contributed by atoms with E-state index in [1.54, 1.807) is 0 Å². The van der Waals surface area contributed by atoms with E-state index in [4.69, 9.17) is 0 Å². The molecule has 0 aromatic rings. The van der Waals surface area contributed by atoms with Gasteiger partial charge in [-0.3, -0.25) is 4.79 Å². The zero-order valence-corrected chi connectivity index (χ0v) is 18.7. The van der Waals surface area contributed by atoms with Crippen LogP contribution in [0, 0.1) is 17.3 Å². The van der Waals surface area contributed by atoms with E-state index in [-0.39, 0.29) is 16.4 Å². The van der Waals surface area contributed by atoms with Crippen LogP contribution in [0.4, 0.5) is 0 Å². The lowest BCUT2D eigenvalue weighted by atomic mass is 9.76. The molecule has 0 bridgehead atoms. The zero-order valence-electron chi connectivity index (χ0n) is 17.8. The van der Waals surface area contributed by atoms with Gasteiger partial charge in [-0.25, -0.2) is 0 Å². The highest BCUT2D eigenvalue weighted by Gasteiger charge is 2.25. The number of hydrogen-bond donors (Lipinski definition) is 2. The van der Waals surface area contributed by atoms with Crippen molar-refractivity contribution in [2.45, 2.75) is 60.8 Å². The van der Waals surface area contributed by atoms with Crippen LogP contribution in [0.25, 0.3) is 0 Å². The van der Waals surface area contributed by atoms with Crippen molar-refractivity contribution in [3.63, 3.8) is 0 Å². The summed E-state index contributed by atoms with van der Waals surface area (Å²) in [7, 11) is 0. The highest BCUT2D eigenvalue weighted by atomic mass is 32.2. The summed E-state index contributed by atoms with van der Waals surface area (Å²) in [4.78, 5) is 11.9. The van der Waals surface area contributed by atoms with E-state index in [0.29, 0.717) is 12.3 Å². The highest BCUT2D eigenvalue weighted by molar-refractivity contribution is 8.13. The zero-order chi connectivity index (χ0) is 20.3. The van der Waals surface area contributed by atoms with Gasteiger partial charge in [-0.05, 0) is 18.3 Å². The minimum Gasteiger partial charge on any atom is -0.388 e. The molecule has 0 aliphatic heterocycles. The molecule has 0 saturated carbocycles. The fraction of sp³-hybridized carbons (Fsp3) is 0.682. The first kappa shape index (κ1) is 24.8. The lowest BCUT2D eigenvalue weighted by Crippen LogP contribution is -2.30. The Labute approximate surface area is 166 Å². The Bertz CT molecular complexity index is 496. The SMILES string of the molecule is C=C(CCNC(=C)C(C)C(C)(C)CC)NCCSC(=O)CC(C)C(=C)C. The first-order valence-electron chi connectivity index (χ1n) is 9.66. The Morgan fingerprint density at radius 3 is 2.27 bits per heavy atom. The van der Waals surface area contributed by atoms with E-state index in [2.05, 4.69) is 58.1 Å². The number of hydrogen-bond acceptors (Lipinski definition) is 4. The third-order valence-corrected chi connectivity index (χ3v) is 6.34. The molecule has 0 rings (SSSR count). The maximum absolute atomic E-state index is 11.9. The summed E-state index contributed by atoms with van der Waals surface area (Å²) in [5.74, 6) is 1.46. The summed E-state index contributed by atoms with van der Waals surface area (Å²) < 4.78 is 0. The van der Waals surface area contributed by atoms with Crippen molar-refractivity contribution in [2.75, 3.05) is 18.8 Å². The van der Waals surface area contributed by atoms with Crippen molar-refractivity contribution in [1.29, 1.82) is 0 Å². The summed E-state index contributed by atoms with van der Waals surface area (Å²) in [5.41, 5.74) is 3.41. The summed E-state index contributed by atoms with van der Waals surface area (Å²) in [6.45, 7) is 26.8. The summed E-state index contributed by atoms with van der Waals surface area (Å²) >= 11 is 1.39. The van der Waals surface area contributed by atoms with Crippen LogP contribution in [0.1, 0.15) is 60.8 Å². The average Bonchev–Trinajstić information content (AvgIpc) is 2.57. The fourth-order valence-electron chi connectivity index (χ4n) is 2.27. The van der Waals surface area contributed by atoms with Crippen LogP contribution in [-0.2, 0) is 4.79 Å². The molecule has 0 saturated heterocycles. The number of nitrogens with one attached hydrogen (secondary N) is 2. The molecular weight excluding hydrogens is 340 g/mol. The molecule has 0 aromatic carbocycles. The van der Waals surface area contributed by atoms with E-state index < -0.39 is 0 Å². The molecule has 2 atom stereocenters. The molecule has 0 aliphatic carbocycles. The van der Waals surface area contributed by atoms with E-state index >= 15 is 0 Å². The standard InChI is InChI=1S/C22H40N2OS/c1-10-22(8,9)19(6)20(7)24-12-11-18(5)23-13-14-26-21(25)15-17(4)16(2)3/h17,19,23-24H,2,5,7,10-15H2,1,3-4,6,8-9H3. The highest BCUT2D eigenvalue weighted by Crippen LogP contribution is 2.33. The second-order valence-corrected chi connectivity index (χ2v) is 9.12. The minimum atomic E-state index is 0.235. The molecule has 0 aromatic heterocycles. The van der Waals surface area contributed by atoms with Crippen LogP contribution in [0.15, 0.2) is 36.7 Å². The van der Waals surface area contributed by atoms with Gasteiger partial charge in [0.2, 0.25) is 0 Å². The number of rotatable bonds is 14. The minimum absolute atomic E-state index is 0.235. The Kier molecular flexibility index (Phi) is 11.7. The van der Waals surface area contributed by atoms with E-state index in [0.717, 1.165) is 48.7 Å². The van der Waals surface area contributed by atoms with Crippen molar-refractivity contribution in [3.05, 3.63) is 36.7 Å². The lowest BCUT2D eigenvalue weighted by Gasteiger charge is -2.32. The van der Waals surface area contributed by atoms with Crippen LogP contribution in [-0.4, -0.2) is 24.0 Å². The molecule has 150 valence electrons. The predicted molar refractivity (Wildman–Crippen MR) is 118 cm³/mol. The summed E-state index contributed by atoms with van der Waals surface area (Å²) in [6.07, 6.45) is 2.55. The van der Waals surface area contributed by atoms with Crippen molar-refractivity contribution in [2.24, 2.45) is 17.3 Å². The van der Waals surface area contributed by atoms with Gasteiger partial charge in [-0.15, -0.1) is 0 Å². The third kappa shape index (κ3) is 10.1. The van der Waals surface area contributed by atoms with Crippen LogP contribution >= 0.6 is 11.8 Å². The first-order valence-corrected chi connectivity index (χ1v) is 10.6.